The van der Waals surface area contributed by atoms with Gasteiger partial charge < -0.3 is 15.5 Å². The van der Waals surface area contributed by atoms with Gasteiger partial charge in [-0.15, -0.1) is 0 Å². The van der Waals surface area contributed by atoms with Gasteiger partial charge in [-0.1, -0.05) is 25.0 Å². The number of primary amides is 1. The molecule has 0 aliphatic heterocycles. The van der Waals surface area contributed by atoms with E-state index in [4.69, 9.17) is 5.73 Å². The summed E-state index contributed by atoms with van der Waals surface area (Å²) in [6, 6.07) is 12.1. The second kappa shape index (κ2) is 11.5. The van der Waals surface area contributed by atoms with Crippen LogP contribution in [0.2, 0.25) is 0 Å². The Labute approximate surface area is 187 Å². The Morgan fingerprint density at radius 2 is 1.56 bits per heavy atom. The van der Waals surface area contributed by atoms with Crippen LogP contribution in [0.5, 0.6) is 0 Å². The van der Waals surface area contributed by atoms with E-state index in [1.165, 1.54) is 12.1 Å². The van der Waals surface area contributed by atoms with Gasteiger partial charge in [-0.25, -0.2) is 0 Å². The molecule has 0 fully saturated rings. The first-order valence-electron chi connectivity index (χ1n) is 10.7. The van der Waals surface area contributed by atoms with Gasteiger partial charge in [0.05, 0.1) is 11.3 Å². The number of nitrogens with zero attached hydrogens (tertiary/aromatic N) is 2. The predicted molar refractivity (Wildman–Crippen MR) is 120 cm³/mol. The topological polar surface area (TPSA) is 66.6 Å². The molecular weight excluding hydrogens is 419 g/mol. The summed E-state index contributed by atoms with van der Waals surface area (Å²) < 4.78 is 40.3. The van der Waals surface area contributed by atoms with E-state index >= 15 is 0 Å². The number of alkyl halides is 3. The minimum atomic E-state index is -4.46. The molecule has 0 saturated heterocycles. The lowest BCUT2D eigenvalue weighted by atomic mass is 10.1. The fraction of sp³-hybridized carbons (Fsp3) is 0.417. The molecule has 2 rings (SSSR count). The number of unbranched alkanes of at least 4 members (excludes halogenated alkanes) is 3. The number of anilines is 2. The number of nitrogens with two attached hydrogens (primary N) is 1. The fourth-order valence-electron chi connectivity index (χ4n) is 3.55. The maximum Gasteiger partial charge on any atom is 0.418 e. The van der Waals surface area contributed by atoms with Gasteiger partial charge in [0.2, 0.25) is 5.91 Å². The van der Waals surface area contributed by atoms with Gasteiger partial charge in [0, 0.05) is 37.8 Å². The SMILES string of the molecule is CCN(c1ccc(C(=O)N(C)CCCCCCC(N)=O)cc1)c1ccccc1C(F)(F)F. The van der Waals surface area contributed by atoms with Gasteiger partial charge >= 0.3 is 6.18 Å². The van der Waals surface area contributed by atoms with Crippen molar-refractivity contribution in [3.63, 3.8) is 0 Å². The monoisotopic (exact) mass is 449 g/mol. The van der Waals surface area contributed by atoms with Crippen LogP contribution >= 0.6 is 0 Å². The molecule has 2 N–H and O–H groups in total. The molecule has 0 aliphatic rings. The van der Waals surface area contributed by atoms with Gasteiger partial charge in [0.1, 0.15) is 0 Å². The molecule has 0 atom stereocenters. The molecule has 32 heavy (non-hydrogen) atoms. The smallest absolute Gasteiger partial charge is 0.370 e. The van der Waals surface area contributed by atoms with Gasteiger partial charge in [0.25, 0.3) is 5.91 Å². The van der Waals surface area contributed by atoms with E-state index in [2.05, 4.69) is 0 Å². The van der Waals surface area contributed by atoms with Gasteiger partial charge in [0.15, 0.2) is 0 Å². The molecule has 0 saturated carbocycles. The zero-order valence-electron chi connectivity index (χ0n) is 18.5. The molecule has 174 valence electrons. The summed E-state index contributed by atoms with van der Waals surface area (Å²) >= 11 is 0. The molecule has 0 aromatic heterocycles. The Morgan fingerprint density at radius 3 is 2.16 bits per heavy atom. The third-order valence-corrected chi connectivity index (χ3v) is 5.26. The largest absolute Gasteiger partial charge is 0.418 e. The van der Waals surface area contributed by atoms with E-state index in [9.17, 15) is 22.8 Å². The van der Waals surface area contributed by atoms with E-state index in [-0.39, 0.29) is 17.5 Å². The van der Waals surface area contributed by atoms with Crippen molar-refractivity contribution in [3.8, 4) is 0 Å². The second-order valence-corrected chi connectivity index (χ2v) is 7.66. The van der Waals surface area contributed by atoms with Crippen LogP contribution in [0.15, 0.2) is 48.5 Å². The molecule has 0 spiro atoms. The van der Waals surface area contributed by atoms with Gasteiger partial charge in [-0.05, 0) is 56.2 Å². The number of carbonyl (C=O) groups is 2. The summed E-state index contributed by atoms with van der Waals surface area (Å²) in [5, 5.41) is 0. The number of para-hydroxylation sites is 1. The Balaban J connectivity index is 2.03. The van der Waals surface area contributed by atoms with Crippen LogP contribution in [0.3, 0.4) is 0 Å². The highest BCUT2D eigenvalue weighted by Gasteiger charge is 2.34. The predicted octanol–water partition coefficient (Wildman–Crippen LogP) is 5.37. The summed E-state index contributed by atoms with van der Waals surface area (Å²) in [4.78, 5) is 26.6. The number of rotatable bonds is 11. The maximum atomic E-state index is 13.4. The maximum absolute atomic E-state index is 13.4. The van der Waals surface area contributed by atoms with Crippen LogP contribution in [0.1, 0.15) is 54.9 Å². The Morgan fingerprint density at radius 1 is 0.938 bits per heavy atom. The van der Waals surface area contributed by atoms with Crippen molar-refractivity contribution >= 4 is 23.2 Å². The van der Waals surface area contributed by atoms with Crippen molar-refractivity contribution in [1.29, 1.82) is 0 Å². The normalized spacial score (nSPS) is 11.3. The summed E-state index contributed by atoms with van der Waals surface area (Å²) in [5.41, 5.74) is 5.55. The third kappa shape index (κ3) is 7.00. The zero-order chi connectivity index (χ0) is 23.7. The molecular formula is C24H30F3N3O2. The molecule has 8 heteroatoms. The Kier molecular flexibility index (Phi) is 9.11. The molecule has 0 unspecified atom stereocenters. The summed E-state index contributed by atoms with van der Waals surface area (Å²) in [6.07, 6.45) is -0.734. The highest BCUT2D eigenvalue weighted by molar-refractivity contribution is 5.94. The number of halogens is 3. The van der Waals surface area contributed by atoms with Crippen molar-refractivity contribution in [3.05, 3.63) is 59.7 Å². The van der Waals surface area contributed by atoms with Gasteiger partial charge in [-0.3, -0.25) is 9.59 Å². The highest BCUT2D eigenvalue weighted by atomic mass is 19.4. The summed E-state index contributed by atoms with van der Waals surface area (Å²) in [6.45, 7) is 2.71. The van der Waals surface area contributed by atoms with Crippen LogP contribution < -0.4 is 10.6 Å². The first-order valence-corrected chi connectivity index (χ1v) is 10.7. The van der Waals surface area contributed by atoms with Crippen LogP contribution in [0.25, 0.3) is 0 Å². The molecule has 0 heterocycles. The van der Waals surface area contributed by atoms with Crippen LogP contribution in [0.4, 0.5) is 24.5 Å². The second-order valence-electron chi connectivity index (χ2n) is 7.66. The molecule has 0 bridgehead atoms. The third-order valence-electron chi connectivity index (χ3n) is 5.26. The van der Waals surface area contributed by atoms with Crippen LogP contribution in [-0.2, 0) is 11.0 Å². The van der Waals surface area contributed by atoms with E-state index < -0.39 is 11.7 Å². The lowest BCUT2D eigenvalue weighted by molar-refractivity contribution is -0.137. The van der Waals surface area contributed by atoms with Gasteiger partial charge in [-0.2, -0.15) is 13.2 Å². The first-order chi connectivity index (χ1) is 15.1. The molecule has 2 aromatic rings. The Hall–Kier alpha value is -3.03. The summed E-state index contributed by atoms with van der Waals surface area (Å²) in [7, 11) is 1.72. The van der Waals surface area contributed by atoms with Crippen molar-refractivity contribution in [2.45, 2.75) is 45.2 Å². The van der Waals surface area contributed by atoms with E-state index in [1.807, 2.05) is 0 Å². The van der Waals surface area contributed by atoms with E-state index in [0.717, 1.165) is 31.7 Å². The van der Waals surface area contributed by atoms with Crippen molar-refractivity contribution in [2.75, 3.05) is 25.0 Å². The number of hydrogen-bond acceptors (Lipinski definition) is 3. The van der Waals surface area contributed by atoms with Crippen LogP contribution in [-0.4, -0.2) is 36.9 Å². The average molecular weight is 450 g/mol. The first kappa shape index (κ1) is 25.2. The minimum absolute atomic E-state index is 0.0787. The number of carbonyl (C=O) groups excluding carboxylic acids is 2. The molecule has 0 aliphatic carbocycles. The van der Waals surface area contributed by atoms with Crippen LogP contribution in [0, 0.1) is 0 Å². The summed E-state index contributed by atoms with van der Waals surface area (Å²) in [5.74, 6) is -0.447. The van der Waals surface area contributed by atoms with Crippen molar-refractivity contribution < 1.29 is 22.8 Å². The van der Waals surface area contributed by atoms with E-state index in [1.54, 1.807) is 54.1 Å². The van der Waals surface area contributed by atoms with E-state index in [0.29, 0.717) is 30.8 Å². The molecule has 2 aromatic carbocycles. The minimum Gasteiger partial charge on any atom is -0.370 e. The molecule has 0 radical (unpaired) electrons. The number of hydrogen-bond donors (Lipinski definition) is 1. The standard InChI is InChI=1S/C24H30F3N3O2/c1-3-30(21-11-8-7-10-20(21)24(25,26)27)19-15-13-18(14-16-19)23(32)29(2)17-9-5-4-6-12-22(28)31/h7-8,10-11,13-16H,3-6,9,12,17H2,1-2H3,(H2,28,31). The van der Waals surface area contributed by atoms with Crippen molar-refractivity contribution in [1.82, 2.24) is 4.90 Å². The van der Waals surface area contributed by atoms with Crippen molar-refractivity contribution in [2.24, 2.45) is 5.73 Å². The lowest BCUT2D eigenvalue weighted by Gasteiger charge is -2.27. The molecule has 5 nitrogen and oxygen atoms in total. The average Bonchev–Trinajstić information content (AvgIpc) is 2.76. The Bertz CT molecular complexity index is 898. The fourth-order valence-corrected chi connectivity index (χ4v) is 3.55. The molecule has 2 amide bonds. The number of amides is 2. The highest BCUT2D eigenvalue weighted by Crippen LogP contribution is 2.38. The lowest BCUT2D eigenvalue weighted by Crippen LogP contribution is -2.27. The number of benzene rings is 2. The quantitative estimate of drug-likeness (QED) is 0.469. The zero-order valence-corrected chi connectivity index (χ0v) is 18.5.